The van der Waals surface area contributed by atoms with E-state index in [4.69, 9.17) is 19.9 Å². The molecule has 2 aromatic carbocycles. The first kappa shape index (κ1) is 30.3. The molecule has 1 aliphatic rings. The number of thiazole rings is 1. The maximum Gasteiger partial charge on any atom is 0.248 e. The van der Waals surface area contributed by atoms with Gasteiger partial charge in [-0.2, -0.15) is 0 Å². The van der Waals surface area contributed by atoms with E-state index in [1.54, 1.807) is 31.5 Å². The summed E-state index contributed by atoms with van der Waals surface area (Å²) in [5.41, 5.74) is 8.38. The Hall–Kier alpha value is -4.65. The number of hydrogen-bond acceptors (Lipinski definition) is 10. The number of carbonyl (C=O) groups excluding carboxylic acids is 3. The first-order chi connectivity index (χ1) is 20.1. The molecular formula is C29H33N5O7S. The lowest BCUT2D eigenvalue weighted by Crippen LogP contribution is -2.33. The average Bonchev–Trinajstić information content (AvgIpc) is 3.24. The minimum Gasteiger partial charge on any atom is -0.493 e. The lowest BCUT2D eigenvalue weighted by Gasteiger charge is -2.19. The number of nitrogens with one attached hydrogen (secondary N) is 3. The van der Waals surface area contributed by atoms with Gasteiger partial charge < -0.3 is 35.9 Å². The van der Waals surface area contributed by atoms with Crippen molar-refractivity contribution in [3.8, 4) is 28.4 Å². The lowest BCUT2D eigenvalue weighted by molar-refractivity contribution is -0.120. The molecular weight excluding hydrogens is 562 g/mol. The van der Waals surface area contributed by atoms with E-state index < -0.39 is 23.9 Å². The highest BCUT2D eigenvalue weighted by atomic mass is 32.1. The van der Waals surface area contributed by atoms with Gasteiger partial charge in [0.1, 0.15) is 6.04 Å². The van der Waals surface area contributed by atoms with Crippen molar-refractivity contribution in [3.05, 3.63) is 56.7 Å². The van der Waals surface area contributed by atoms with Gasteiger partial charge in [0.25, 0.3) is 0 Å². The fourth-order valence-electron chi connectivity index (χ4n) is 4.96. The molecule has 4 rings (SSSR count). The number of rotatable bonds is 10. The number of aromatic nitrogens is 1. The van der Waals surface area contributed by atoms with Crippen LogP contribution in [0, 0.1) is 0 Å². The summed E-state index contributed by atoms with van der Waals surface area (Å²) in [6.45, 7) is 3.04. The standard InChI is InChI=1S/C29H33N5O7S/c1-14(28(38)34-29-33-17(13-42-29)11-24(30)37)31-21-9-7-18-19(12-22(21)36)20(32-15(2)35)8-6-16-10-23(39-3)26(40-4)27(41-5)25(16)18/h7,9-10,12-14,20H,6,8,11H2,1-5H3,(H2,30,37)(H,31,36)(H,32,35)(H,33,34,38)/t14-,20-/m0/s1. The number of methoxy groups -OCH3 is 3. The molecule has 3 amide bonds. The minimum absolute atomic E-state index is 0.0308. The number of hydrogen-bond donors (Lipinski definition) is 4. The van der Waals surface area contributed by atoms with E-state index in [1.165, 1.54) is 38.5 Å². The van der Waals surface area contributed by atoms with E-state index in [0.29, 0.717) is 52.0 Å². The molecule has 1 heterocycles. The maximum absolute atomic E-state index is 13.5. The molecule has 42 heavy (non-hydrogen) atoms. The summed E-state index contributed by atoms with van der Waals surface area (Å²) >= 11 is 1.17. The molecule has 12 nitrogen and oxygen atoms in total. The van der Waals surface area contributed by atoms with Crippen LogP contribution in [0.4, 0.5) is 10.8 Å². The average molecular weight is 596 g/mol. The summed E-state index contributed by atoms with van der Waals surface area (Å²) in [5.74, 6) is 0.162. The number of carbonyl (C=O) groups is 3. The molecule has 0 saturated carbocycles. The van der Waals surface area contributed by atoms with Crippen LogP contribution in [0.5, 0.6) is 17.2 Å². The molecule has 0 spiro atoms. The Kier molecular flexibility index (Phi) is 9.31. The van der Waals surface area contributed by atoms with Crippen LogP contribution < -0.4 is 41.3 Å². The van der Waals surface area contributed by atoms with Crippen molar-refractivity contribution in [1.82, 2.24) is 10.3 Å². The monoisotopic (exact) mass is 595 g/mol. The Balaban J connectivity index is 1.74. The number of ether oxygens (including phenoxy) is 3. The molecule has 3 aromatic rings. The zero-order valence-electron chi connectivity index (χ0n) is 24.0. The Bertz CT molecular complexity index is 1590. The van der Waals surface area contributed by atoms with Gasteiger partial charge in [-0.15, -0.1) is 11.3 Å². The van der Waals surface area contributed by atoms with Crippen molar-refractivity contribution in [2.45, 2.75) is 45.2 Å². The van der Waals surface area contributed by atoms with E-state index in [-0.39, 0.29) is 23.4 Å². The number of nitrogens with zero attached hydrogens (tertiary/aromatic N) is 1. The maximum atomic E-state index is 13.5. The van der Waals surface area contributed by atoms with Crippen molar-refractivity contribution in [2.75, 3.05) is 32.0 Å². The Morgan fingerprint density at radius 3 is 2.50 bits per heavy atom. The van der Waals surface area contributed by atoms with E-state index in [1.807, 2.05) is 6.07 Å². The van der Waals surface area contributed by atoms with Crippen LogP contribution in [0.2, 0.25) is 0 Å². The van der Waals surface area contributed by atoms with E-state index in [0.717, 1.165) is 11.1 Å². The van der Waals surface area contributed by atoms with Crippen molar-refractivity contribution in [2.24, 2.45) is 5.73 Å². The van der Waals surface area contributed by atoms with Gasteiger partial charge in [-0.05, 0) is 54.7 Å². The van der Waals surface area contributed by atoms with Crippen molar-refractivity contribution in [3.63, 3.8) is 0 Å². The first-order valence-corrected chi connectivity index (χ1v) is 14.0. The predicted octanol–water partition coefficient (Wildman–Crippen LogP) is 2.79. The normalized spacial score (nSPS) is 14.4. The smallest absolute Gasteiger partial charge is 0.248 e. The zero-order chi connectivity index (χ0) is 30.6. The van der Waals surface area contributed by atoms with Crippen molar-refractivity contribution >= 4 is 39.9 Å². The molecule has 13 heteroatoms. The SMILES string of the molecule is COc1cc2c(c(OC)c1OC)-c1ccc(N[C@@H](C)C(=O)Nc3nc(CC(N)=O)cs3)c(=O)cc1[C@@H](NC(C)=O)CC2. The number of amides is 3. The lowest BCUT2D eigenvalue weighted by atomic mass is 9.95. The zero-order valence-corrected chi connectivity index (χ0v) is 24.8. The molecule has 0 unspecified atom stereocenters. The summed E-state index contributed by atoms with van der Waals surface area (Å²) in [7, 11) is 4.59. The Morgan fingerprint density at radius 1 is 1.12 bits per heavy atom. The predicted molar refractivity (Wildman–Crippen MR) is 159 cm³/mol. The highest BCUT2D eigenvalue weighted by Crippen LogP contribution is 2.50. The molecule has 1 aliphatic carbocycles. The summed E-state index contributed by atoms with van der Waals surface area (Å²) in [6.07, 6.45) is 1.07. The van der Waals surface area contributed by atoms with Gasteiger partial charge in [-0.25, -0.2) is 4.98 Å². The van der Waals surface area contributed by atoms with Gasteiger partial charge >= 0.3 is 0 Å². The van der Waals surface area contributed by atoms with Crippen LogP contribution in [0.25, 0.3) is 11.1 Å². The van der Waals surface area contributed by atoms with Crippen LogP contribution >= 0.6 is 11.3 Å². The van der Waals surface area contributed by atoms with Crippen LogP contribution in [-0.2, 0) is 27.2 Å². The summed E-state index contributed by atoms with van der Waals surface area (Å²) in [5, 5.41) is 10.6. The second kappa shape index (κ2) is 12.9. The fraction of sp³-hybridized carbons (Fsp3) is 0.345. The van der Waals surface area contributed by atoms with Crippen molar-refractivity contribution < 1.29 is 28.6 Å². The summed E-state index contributed by atoms with van der Waals surface area (Å²) in [4.78, 5) is 53.9. The highest BCUT2D eigenvalue weighted by molar-refractivity contribution is 7.13. The van der Waals surface area contributed by atoms with Gasteiger partial charge in [0, 0.05) is 17.9 Å². The molecule has 0 radical (unpaired) electrons. The van der Waals surface area contributed by atoms with E-state index in [2.05, 4.69) is 20.9 Å². The van der Waals surface area contributed by atoms with Crippen LogP contribution in [-0.4, -0.2) is 50.1 Å². The Labute approximate surface area is 246 Å². The molecule has 0 saturated heterocycles. The molecule has 0 fully saturated rings. The summed E-state index contributed by atoms with van der Waals surface area (Å²) in [6, 6.07) is 5.45. The number of anilines is 2. The molecule has 1 aromatic heterocycles. The molecule has 2 atom stereocenters. The third-order valence-corrected chi connectivity index (χ3v) is 7.63. The number of aryl methyl sites for hydroxylation is 1. The molecule has 222 valence electrons. The van der Waals surface area contributed by atoms with Gasteiger partial charge in [0.05, 0.1) is 45.2 Å². The quantitative estimate of drug-likeness (QED) is 0.275. The number of primary amides is 1. The largest absolute Gasteiger partial charge is 0.493 e. The second-order valence-electron chi connectivity index (χ2n) is 9.74. The number of nitrogens with two attached hydrogens (primary N) is 1. The van der Waals surface area contributed by atoms with Gasteiger partial charge in [-0.3, -0.25) is 19.2 Å². The van der Waals surface area contributed by atoms with Crippen LogP contribution in [0.1, 0.15) is 43.1 Å². The van der Waals surface area contributed by atoms with Gasteiger partial charge in [0.2, 0.25) is 28.9 Å². The van der Waals surface area contributed by atoms with E-state index >= 15 is 0 Å². The minimum atomic E-state index is -0.819. The number of fused-ring (bicyclic) bond motifs is 3. The van der Waals surface area contributed by atoms with Crippen LogP contribution in [0.15, 0.2) is 34.4 Å². The second-order valence-corrected chi connectivity index (χ2v) is 10.6. The molecule has 5 N–H and O–H groups in total. The third kappa shape index (κ3) is 6.46. The molecule has 0 aliphatic heterocycles. The topological polar surface area (TPSA) is 171 Å². The molecule has 0 bridgehead atoms. The van der Waals surface area contributed by atoms with Gasteiger partial charge in [0.15, 0.2) is 16.6 Å². The third-order valence-electron chi connectivity index (χ3n) is 6.82. The van der Waals surface area contributed by atoms with Gasteiger partial charge in [-0.1, -0.05) is 6.07 Å². The number of benzene rings is 1. The van der Waals surface area contributed by atoms with Crippen molar-refractivity contribution in [1.29, 1.82) is 0 Å². The van der Waals surface area contributed by atoms with Crippen LogP contribution in [0.3, 0.4) is 0 Å². The first-order valence-electron chi connectivity index (χ1n) is 13.1. The van der Waals surface area contributed by atoms with E-state index in [9.17, 15) is 19.2 Å². The summed E-state index contributed by atoms with van der Waals surface area (Å²) < 4.78 is 17.0. The fourth-order valence-corrected chi connectivity index (χ4v) is 5.68. The Morgan fingerprint density at radius 2 is 1.86 bits per heavy atom. The highest BCUT2D eigenvalue weighted by Gasteiger charge is 2.29.